The maximum Gasteiger partial charge on any atom is 0.248 e. The molecule has 0 N–H and O–H groups in total. The van der Waals surface area contributed by atoms with E-state index in [0.29, 0.717) is 0 Å². The Kier molecular flexibility index (Phi) is 7.13. The average molecular weight is 881 g/mol. The summed E-state index contributed by atoms with van der Waals surface area (Å²) in [7, 11) is 0. The molecule has 0 radical (unpaired) electrons. The molecule has 0 unspecified atom stereocenters. The molecule has 4 aliphatic heterocycles. The minimum absolute atomic E-state index is 0.0496. The predicted octanol–water partition coefficient (Wildman–Crippen LogP) is 12.2. The van der Waals surface area contributed by atoms with Gasteiger partial charge in [0.1, 0.15) is 0 Å². The molecule has 2 nitrogen and oxygen atoms in total. The second-order valence-corrected chi connectivity index (χ2v) is 19.8. The lowest BCUT2D eigenvalue weighted by Crippen LogP contribution is -2.57. The fraction of sp³-hybridized carbons (Fsp3) is 0. The average Bonchev–Trinajstić information content (AvgIpc) is 4.17. The molecule has 0 spiro atoms. The molecule has 0 atom stereocenters. The summed E-state index contributed by atoms with van der Waals surface area (Å²) in [6.07, 6.45) is 0. The highest BCUT2D eigenvalue weighted by atomic mass is 15.0. The highest BCUT2D eigenvalue weighted by Gasteiger charge is 2.47. The second-order valence-electron chi connectivity index (χ2n) is 19.8. The maximum atomic E-state index is 2.68. The Balaban J connectivity index is 1.05. The first-order valence-electron chi connectivity index (χ1n) is 24.7. The monoisotopic (exact) mass is 880 g/mol. The first kappa shape index (κ1) is 37.2. The first-order chi connectivity index (χ1) is 34.8. The van der Waals surface area contributed by atoms with Crippen LogP contribution in [0.4, 0.5) is 0 Å². The largest absolute Gasteiger partial charge is 0.310 e. The summed E-state index contributed by atoms with van der Waals surface area (Å²) >= 11 is 0. The quantitative estimate of drug-likeness (QED) is 0.156. The smallest absolute Gasteiger partial charge is 0.248 e. The van der Waals surface area contributed by atoms with Crippen LogP contribution < -0.4 is 32.8 Å². The van der Waals surface area contributed by atoms with E-state index in [1.54, 1.807) is 0 Å². The van der Waals surface area contributed by atoms with E-state index in [2.05, 4.69) is 240 Å². The van der Waals surface area contributed by atoms with Gasteiger partial charge in [-0.25, -0.2) is 0 Å². The SMILES string of the molecule is c1ccc(-c2ccc3c4cc(-c5ccccc5)c5c6c4n(c3c2)-c2cc3c(cc2B6c2ccccc2-5)-n2c4cc(-c5ccccc5)ccc4c4cc(-c5ccccc5)c5c(c42)B3c2ccccc2-5)cc1. The molecule has 0 aliphatic carbocycles. The molecule has 0 saturated heterocycles. The van der Waals surface area contributed by atoms with Crippen molar-refractivity contribution in [2.24, 2.45) is 0 Å². The third kappa shape index (κ3) is 4.66. The molecule has 318 valence electrons. The third-order valence-corrected chi connectivity index (χ3v) is 16.5. The molecular weight excluding hydrogens is 842 g/mol. The van der Waals surface area contributed by atoms with Crippen LogP contribution in [-0.4, -0.2) is 22.6 Å². The molecule has 70 heavy (non-hydrogen) atoms. The zero-order valence-electron chi connectivity index (χ0n) is 38.0. The van der Waals surface area contributed by atoms with E-state index >= 15 is 0 Å². The van der Waals surface area contributed by atoms with Crippen molar-refractivity contribution in [2.75, 3.05) is 0 Å². The standard InChI is InChI=1S/C66H38B2N2/c1-5-17-39(18-6-1)43-29-31-45-51-35-49(41-21-9-3-10-22-41)61-47-25-13-15-27-53(47)67-55-38-60-56(37-59(55)69(57(45)33-43)65(51)63(61)67)68-54-28-16-14-26-48(54)62-50(42-23-11-4-12-24-42)36-52-46-32-30-44(40-19-7-2-8-20-40)34-58(46)70(60)66(52)64(62)68/h1-38H. The number of hydrogen-bond acceptors (Lipinski definition) is 0. The van der Waals surface area contributed by atoms with Gasteiger partial charge < -0.3 is 9.13 Å². The van der Waals surface area contributed by atoms with Crippen LogP contribution in [0.2, 0.25) is 0 Å². The zero-order valence-corrected chi connectivity index (χ0v) is 38.0. The molecule has 11 aromatic carbocycles. The van der Waals surface area contributed by atoms with Crippen LogP contribution in [0.3, 0.4) is 0 Å². The van der Waals surface area contributed by atoms with Gasteiger partial charge in [-0.3, -0.25) is 0 Å². The van der Waals surface area contributed by atoms with E-state index in [4.69, 9.17) is 0 Å². The van der Waals surface area contributed by atoms with Gasteiger partial charge in [-0.1, -0.05) is 205 Å². The van der Waals surface area contributed by atoms with Gasteiger partial charge in [0.2, 0.25) is 13.4 Å². The summed E-state index contributed by atoms with van der Waals surface area (Å²) in [6, 6.07) is 87.2. The molecule has 0 amide bonds. The molecule has 4 heteroatoms. The number of rotatable bonds is 4. The van der Waals surface area contributed by atoms with E-state index in [9.17, 15) is 0 Å². The molecule has 0 bridgehead atoms. The van der Waals surface area contributed by atoms with Crippen molar-refractivity contribution in [1.82, 2.24) is 9.13 Å². The predicted molar refractivity (Wildman–Crippen MR) is 297 cm³/mol. The van der Waals surface area contributed by atoms with Crippen LogP contribution in [0, 0.1) is 0 Å². The summed E-state index contributed by atoms with van der Waals surface area (Å²) < 4.78 is 5.36. The number of benzene rings is 11. The second kappa shape index (κ2) is 13.4. The summed E-state index contributed by atoms with van der Waals surface area (Å²) in [5, 5.41) is 5.19. The lowest BCUT2D eigenvalue weighted by atomic mass is 9.35. The van der Waals surface area contributed by atoms with Gasteiger partial charge >= 0.3 is 0 Å². The minimum atomic E-state index is 0.0496. The van der Waals surface area contributed by atoms with Crippen LogP contribution in [0.5, 0.6) is 0 Å². The van der Waals surface area contributed by atoms with E-state index in [-0.39, 0.29) is 13.4 Å². The third-order valence-electron chi connectivity index (χ3n) is 16.5. The van der Waals surface area contributed by atoms with E-state index in [1.165, 1.54) is 155 Å². The lowest BCUT2D eigenvalue weighted by Gasteiger charge is -2.31. The molecular formula is C66H38B2N2. The highest BCUT2D eigenvalue weighted by molar-refractivity contribution is 7.03. The molecule has 4 aliphatic rings. The van der Waals surface area contributed by atoms with Crippen molar-refractivity contribution < 1.29 is 0 Å². The highest BCUT2D eigenvalue weighted by Crippen LogP contribution is 2.47. The Morgan fingerprint density at radius 3 is 1.04 bits per heavy atom. The maximum absolute atomic E-state index is 2.68. The molecule has 0 saturated carbocycles. The summed E-state index contributed by atoms with van der Waals surface area (Å²) in [4.78, 5) is 0. The lowest BCUT2D eigenvalue weighted by molar-refractivity contribution is 1.16. The Morgan fingerprint density at radius 2 is 0.629 bits per heavy atom. The van der Waals surface area contributed by atoms with Crippen molar-refractivity contribution in [3.8, 4) is 78.1 Å². The Labute approximate surface area is 405 Å². The van der Waals surface area contributed by atoms with Crippen LogP contribution in [0.15, 0.2) is 231 Å². The van der Waals surface area contributed by atoms with Crippen molar-refractivity contribution in [2.45, 2.75) is 0 Å². The normalized spacial score (nSPS) is 13.1. The van der Waals surface area contributed by atoms with Crippen molar-refractivity contribution in [3.63, 3.8) is 0 Å². The number of hydrogen-bond donors (Lipinski definition) is 0. The van der Waals surface area contributed by atoms with Gasteiger partial charge in [0.15, 0.2) is 0 Å². The summed E-state index contributed by atoms with van der Waals surface area (Å²) in [5.74, 6) is 0. The Bertz CT molecular complexity index is 4170. The van der Waals surface area contributed by atoms with Crippen LogP contribution in [-0.2, 0) is 0 Å². The zero-order chi connectivity index (χ0) is 45.3. The summed E-state index contributed by atoms with van der Waals surface area (Å²) in [6.45, 7) is 0.0992. The van der Waals surface area contributed by atoms with Crippen molar-refractivity contribution >= 4 is 89.8 Å². The van der Waals surface area contributed by atoms with Gasteiger partial charge in [0.05, 0.1) is 22.1 Å². The van der Waals surface area contributed by atoms with Gasteiger partial charge in [-0.2, -0.15) is 0 Å². The molecule has 0 fully saturated rings. The van der Waals surface area contributed by atoms with Crippen LogP contribution in [0.25, 0.3) is 122 Å². The van der Waals surface area contributed by atoms with Crippen LogP contribution >= 0.6 is 0 Å². The number of nitrogens with zero attached hydrogens (tertiary/aromatic N) is 2. The van der Waals surface area contributed by atoms with E-state index in [1.807, 2.05) is 0 Å². The van der Waals surface area contributed by atoms with E-state index < -0.39 is 0 Å². The number of fused-ring (bicyclic) bond motifs is 18. The fourth-order valence-corrected chi connectivity index (χ4v) is 13.7. The first-order valence-corrected chi connectivity index (χ1v) is 24.7. The minimum Gasteiger partial charge on any atom is -0.310 e. The van der Waals surface area contributed by atoms with Crippen LogP contribution in [0.1, 0.15) is 0 Å². The summed E-state index contributed by atoms with van der Waals surface area (Å²) in [5.41, 5.74) is 31.5. The van der Waals surface area contributed by atoms with Crippen molar-refractivity contribution in [3.05, 3.63) is 231 Å². The topological polar surface area (TPSA) is 9.86 Å². The van der Waals surface area contributed by atoms with Gasteiger partial charge in [0, 0.05) is 32.9 Å². The fourth-order valence-electron chi connectivity index (χ4n) is 13.7. The molecule has 13 aromatic rings. The Morgan fingerprint density at radius 1 is 0.257 bits per heavy atom. The van der Waals surface area contributed by atoms with Gasteiger partial charge in [-0.15, -0.1) is 0 Å². The van der Waals surface area contributed by atoms with Gasteiger partial charge in [0.25, 0.3) is 0 Å². The Hall–Kier alpha value is -8.85. The number of aromatic nitrogens is 2. The van der Waals surface area contributed by atoms with E-state index in [0.717, 1.165) is 0 Å². The van der Waals surface area contributed by atoms with Crippen molar-refractivity contribution in [1.29, 1.82) is 0 Å². The molecule has 2 aromatic heterocycles. The molecule has 17 rings (SSSR count). The molecule has 6 heterocycles. The van der Waals surface area contributed by atoms with Gasteiger partial charge in [-0.05, 0) is 125 Å².